The van der Waals surface area contributed by atoms with Gasteiger partial charge in [0, 0.05) is 26.2 Å². The molecule has 1 fully saturated rings. The smallest absolute Gasteiger partial charge is 0.254 e. The SMILES string of the molecule is COCCOCC(=O)N1CCC(NC(=O)c2ccccc2F)CC1. The molecule has 1 saturated heterocycles. The fourth-order valence-corrected chi connectivity index (χ4v) is 2.57. The molecule has 1 aromatic carbocycles. The van der Waals surface area contributed by atoms with E-state index >= 15 is 0 Å². The molecule has 0 aliphatic carbocycles. The number of piperidine rings is 1. The van der Waals surface area contributed by atoms with Crippen LogP contribution in [0.1, 0.15) is 23.2 Å². The molecule has 0 atom stereocenters. The van der Waals surface area contributed by atoms with Crippen molar-refractivity contribution < 1.29 is 23.5 Å². The number of hydrogen-bond acceptors (Lipinski definition) is 4. The first kappa shape index (κ1) is 18.4. The quantitative estimate of drug-likeness (QED) is 0.759. The van der Waals surface area contributed by atoms with Crippen LogP contribution in [0.15, 0.2) is 24.3 Å². The third-order valence-electron chi connectivity index (χ3n) is 3.96. The number of amides is 2. The Morgan fingerprint density at radius 1 is 1.25 bits per heavy atom. The van der Waals surface area contributed by atoms with Crippen LogP contribution in [0.4, 0.5) is 4.39 Å². The van der Waals surface area contributed by atoms with E-state index in [2.05, 4.69) is 5.32 Å². The minimum absolute atomic E-state index is 0.0373. The van der Waals surface area contributed by atoms with Crippen LogP contribution in [0.5, 0.6) is 0 Å². The largest absolute Gasteiger partial charge is 0.382 e. The molecule has 0 saturated carbocycles. The van der Waals surface area contributed by atoms with Crippen molar-refractivity contribution in [2.24, 2.45) is 0 Å². The summed E-state index contributed by atoms with van der Waals surface area (Å²) in [5.41, 5.74) is 0.0440. The van der Waals surface area contributed by atoms with Crippen molar-refractivity contribution in [2.75, 3.05) is 40.0 Å². The Morgan fingerprint density at radius 3 is 2.62 bits per heavy atom. The number of carbonyl (C=O) groups excluding carboxylic acids is 2. The highest BCUT2D eigenvalue weighted by Gasteiger charge is 2.24. The maximum absolute atomic E-state index is 13.6. The van der Waals surface area contributed by atoms with Crippen molar-refractivity contribution in [3.8, 4) is 0 Å². The average Bonchev–Trinajstić information content (AvgIpc) is 2.59. The molecule has 0 bridgehead atoms. The number of carbonyl (C=O) groups is 2. The van der Waals surface area contributed by atoms with Gasteiger partial charge in [-0.05, 0) is 25.0 Å². The number of nitrogens with zero attached hydrogens (tertiary/aromatic N) is 1. The molecule has 2 amide bonds. The zero-order valence-electron chi connectivity index (χ0n) is 13.8. The van der Waals surface area contributed by atoms with Crippen LogP contribution in [0.2, 0.25) is 0 Å². The molecule has 0 spiro atoms. The molecular weight excluding hydrogens is 315 g/mol. The second kappa shape index (κ2) is 9.34. The molecule has 1 aliphatic heterocycles. The summed E-state index contributed by atoms with van der Waals surface area (Å²) in [6.45, 7) is 1.98. The Hall–Kier alpha value is -1.99. The number of likely N-dealkylation sites (tertiary alicyclic amines) is 1. The number of ether oxygens (including phenoxy) is 2. The number of methoxy groups -OCH3 is 1. The lowest BCUT2D eigenvalue weighted by molar-refractivity contribution is -0.137. The molecule has 6 nitrogen and oxygen atoms in total. The van der Waals surface area contributed by atoms with Gasteiger partial charge in [0.05, 0.1) is 18.8 Å². The monoisotopic (exact) mass is 338 g/mol. The summed E-state index contributed by atoms with van der Waals surface area (Å²) < 4.78 is 23.7. The highest BCUT2D eigenvalue weighted by Crippen LogP contribution is 2.13. The van der Waals surface area contributed by atoms with E-state index in [0.29, 0.717) is 39.1 Å². The lowest BCUT2D eigenvalue weighted by Crippen LogP contribution is -2.47. The Balaban J connectivity index is 1.73. The summed E-state index contributed by atoms with van der Waals surface area (Å²) in [4.78, 5) is 25.8. The Bertz CT molecular complexity index is 559. The number of nitrogens with one attached hydrogen (secondary N) is 1. The van der Waals surface area contributed by atoms with E-state index in [1.165, 1.54) is 12.1 Å². The minimum Gasteiger partial charge on any atom is -0.382 e. The van der Waals surface area contributed by atoms with Gasteiger partial charge < -0.3 is 19.7 Å². The lowest BCUT2D eigenvalue weighted by Gasteiger charge is -2.32. The molecule has 0 radical (unpaired) electrons. The third-order valence-corrected chi connectivity index (χ3v) is 3.96. The van der Waals surface area contributed by atoms with Crippen LogP contribution in [0.3, 0.4) is 0 Å². The van der Waals surface area contributed by atoms with Crippen LogP contribution >= 0.6 is 0 Å². The van der Waals surface area contributed by atoms with E-state index in [4.69, 9.17) is 9.47 Å². The summed E-state index contributed by atoms with van der Waals surface area (Å²) in [6.07, 6.45) is 1.29. The van der Waals surface area contributed by atoms with E-state index in [9.17, 15) is 14.0 Å². The van der Waals surface area contributed by atoms with Gasteiger partial charge in [-0.25, -0.2) is 4.39 Å². The van der Waals surface area contributed by atoms with Crippen LogP contribution in [0.25, 0.3) is 0 Å². The third kappa shape index (κ3) is 5.28. The molecule has 24 heavy (non-hydrogen) atoms. The molecule has 132 valence electrons. The normalized spacial score (nSPS) is 15.3. The fourth-order valence-electron chi connectivity index (χ4n) is 2.57. The predicted octanol–water partition coefficient (Wildman–Crippen LogP) is 1.21. The van der Waals surface area contributed by atoms with Gasteiger partial charge in [-0.1, -0.05) is 12.1 Å². The predicted molar refractivity (Wildman–Crippen MR) is 86.2 cm³/mol. The minimum atomic E-state index is -0.532. The van der Waals surface area contributed by atoms with Gasteiger partial charge in [0.1, 0.15) is 12.4 Å². The molecule has 0 aromatic heterocycles. The standard InChI is InChI=1S/C17H23FN2O4/c1-23-10-11-24-12-16(21)20-8-6-13(7-9-20)19-17(22)14-4-2-3-5-15(14)18/h2-5,13H,6-12H2,1H3,(H,19,22). The van der Waals surface area contributed by atoms with Crippen LogP contribution in [0, 0.1) is 5.82 Å². The number of benzene rings is 1. The Morgan fingerprint density at radius 2 is 1.96 bits per heavy atom. The van der Waals surface area contributed by atoms with Gasteiger partial charge in [0.2, 0.25) is 5.91 Å². The number of hydrogen-bond donors (Lipinski definition) is 1. The van der Waals surface area contributed by atoms with Gasteiger partial charge in [-0.2, -0.15) is 0 Å². The highest BCUT2D eigenvalue weighted by molar-refractivity contribution is 5.94. The van der Waals surface area contributed by atoms with E-state index < -0.39 is 11.7 Å². The lowest BCUT2D eigenvalue weighted by atomic mass is 10.0. The molecule has 2 rings (SSSR count). The molecular formula is C17H23FN2O4. The van der Waals surface area contributed by atoms with Crippen molar-refractivity contribution in [3.05, 3.63) is 35.6 Å². The Kier molecular flexibility index (Phi) is 7.14. The molecule has 1 aliphatic rings. The van der Waals surface area contributed by atoms with E-state index in [-0.39, 0.29) is 24.1 Å². The van der Waals surface area contributed by atoms with Gasteiger partial charge in [0.25, 0.3) is 5.91 Å². The first-order valence-electron chi connectivity index (χ1n) is 8.01. The van der Waals surface area contributed by atoms with Crippen LogP contribution in [-0.2, 0) is 14.3 Å². The van der Waals surface area contributed by atoms with Crippen molar-refractivity contribution in [1.82, 2.24) is 10.2 Å². The van der Waals surface area contributed by atoms with E-state index in [1.807, 2.05) is 0 Å². The first-order valence-corrected chi connectivity index (χ1v) is 8.01. The van der Waals surface area contributed by atoms with E-state index in [1.54, 1.807) is 24.1 Å². The summed E-state index contributed by atoms with van der Waals surface area (Å²) in [7, 11) is 1.57. The fraction of sp³-hybridized carbons (Fsp3) is 0.529. The summed E-state index contributed by atoms with van der Waals surface area (Å²) in [6, 6.07) is 5.84. The van der Waals surface area contributed by atoms with Gasteiger partial charge in [-0.3, -0.25) is 9.59 Å². The molecule has 1 heterocycles. The molecule has 0 unspecified atom stereocenters. The molecule has 7 heteroatoms. The zero-order chi connectivity index (χ0) is 17.4. The summed E-state index contributed by atoms with van der Waals surface area (Å²) >= 11 is 0. The first-order chi connectivity index (χ1) is 11.6. The number of halogens is 1. The zero-order valence-corrected chi connectivity index (χ0v) is 13.8. The summed E-state index contributed by atoms with van der Waals surface area (Å²) in [5, 5.41) is 2.83. The second-order valence-corrected chi connectivity index (χ2v) is 5.65. The maximum atomic E-state index is 13.6. The maximum Gasteiger partial charge on any atom is 0.254 e. The van der Waals surface area contributed by atoms with Gasteiger partial charge in [0.15, 0.2) is 0 Å². The molecule has 1 N–H and O–H groups in total. The topological polar surface area (TPSA) is 67.9 Å². The number of rotatable bonds is 7. The molecule has 1 aromatic rings. The van der Waals surface area contributed by atoms with Crippen LogP contribution in [-0.4, -0.2) is 62.8 Å². The summed E-state index contributed by atoms with van der Waals surface area (Å²) in [5.74, 6) is -1.01. The Labute approximate surface area is 140 Å². The van der Waals surface area contributed by atoms with Crippen molar-refractivity contribution in [2.45, 2.75) is 18.9 Å². The van der Waals surface area contributed by atoms with Crippen molar-refractivity contribution >= 4 is 11.8 Å². The average molecular weight is 338 g/mol. The van der Waals surface area contributed by atoms with Gasteiger partial charge >= 0.3 is 0 Å². The van der Waals surface area contributed by atoms with Crippen LogP contribution < -0.4 is 5.32 Å². The second-order valence-electron chi connectivity index (χ2n) is 5.65. The van der Waals surface area contributed by atoms with Gasteiger partial charge in [-0.15, -0.1) is 0 Å². The van der Waals surface area contributed by atoms with E-state index in [0.717, 1.165) is 0 Å². The van der Waals surface area contributed by atoms with Crippen molar-refractivity contribution in [3.63, 3.8) is 0 Å². The van der Waals surface area contributed by atoms with Crippen molar-refractivity contribution in [1.29, 1.82) is 0 Å². The highest BCUT2D eigenvalue weighted by atomic mass is 19.1.